The van der Waals surface area contributed by atoms with Crippen LogP contribution >= 0.6 is 0 Å². The molecular formula is C15H18N4O2. The van der Waals surface area contributed by atoms with E-state index >= 15 is 0 Å². The van der Waals surface area contributed by atoms with Gasteiger partial charge in [-0.15, -0.1) is 0 Å². The van der Waals surface area contributed by atoms with Gasteiger partial charge in [-0.1, -0.05) is 0 Å². The van der Waals surface area contributed by atoms with Gasteiger partial charge < -0.3 is 10.0 Å². The molecule has 110 valence electrons. The third-order valence-corrected chi connectivity index (χ3v) is 3.79. The molecule has 1 aliphatic rings. The lowest BCUT2D eigenvalue weighted by Gasteiger charge is -2.30. The average Bonchev–Trinajstić information content (AvgIpc) is 3.00. The fraction of sp³-hybridized carbons (Fsp3) is 0.400. The van der Waals surface area contributed by atoms with E-state index in [1.54, 1.807) is 22.0 Å². The molecule has 0 spiro atoms. The van der Waals surface area contributed by atoms with E-state index in [0.717, 1.165) is 24.1 Å². The zero-order valence-corrected chi connectivity index (χ0v) is 11.9. The van der Waals surface area contributed by atoms with E-state index in [1.165, 1.54) is 6.33 Å². The van der Waals surface area contributed by atoms with Crippen molar-refractivity contribution in [2.75, 3.05) is 13.1 Å². The summed E-state index contributed by atoms with van der Waals surface area (Å²) in [5.41, 5.74) is 2.51. The number of aromatic nitrogens is 3. The number of piperidine rings is 1. The van der Waals surface area contributed by atoms with Gasteiger partial charge in [0.2, 0.25) is 0 Å². The van der Waals surface area contributed by atoms with Gasteiger partial charge >= 0.3 is 0 Å². The normalized spacial score (nSPS) is 18.8. The molecular weight excluding hydrogens is 268 g/mol. The maximum atomic E-state index is 12.5. The van der Waals surface area contributed by atoms with Crippen molar-refractivity contribution in [2.24, 2.45) is 0 Å². The minimum Gasteiger partial charge on any atom is -0.391 e. The van der Waals surface area contributed by atoms with E-state index in [-0.39, 0.29) is 5.91 Å². The number of carbonyl (C=O) groups excluding carboxylic acids is 1. The number of likely N-dealkylation sites (tertiary alicyclic amines) is 1. The Morgan fingerprint density at radius 3 is 2.95 bits per heavy atom. The van der Waals surface area contributed by atoms with E-state index in [0.29, 0.717) is 18.7 Å². The number of amides is 1. The molecule has 21 heavy (non-hydrogen) atoms. The lowest BCUT2D eigenvalue weighted by molar-refractivity contribution is 0.0473. The Hall–Kier alpha value is -2.21. The predicted octanol–water partition coefficient (Wildman–Crippen LogP) is 1.17. The average molecular weight is 286 g/mol. The van der Waals surface area contributed by atoms with Crippen LogP contribution in [-0.4, -0.2) is 49.9 Å². The number of benzene rings is 1. The number of hydrogen-bond acceptors (Lipinski definition) is 4. The number of rotatable bonds is 2. The van der Waals surface area contributed by atoms with E-state index in [9.17, 15) is 9.90 Å². The van der Waals surface area contributed by atoms with Crippen LogP contribution in [0, 0.1) is 6.92 Å². The number of carbonyl (C=O) groups is 1. The molecule has 1 N–H and O–H groups in total. The highest BCUT2D eigenvalue weighted by Gasteiger charge is 2.23. The first-order chi connectivity index (χ1) is 10.1. The number of hydrogen-bond donors (Lipinski definition) is 1. The molecule has 3 rings (SSSR count). The Morgan fingerprint density at radius 2 is 2.29 bits per heavy atom. The zero-order chi connectivity index (χ0) is 14.8. The molecule has 0 radical (unpaired) electrons. The van der Waals surface area contributed by atoms with Crippen molar-refractivity contribution in [1.82, 2.24) is 19.7 Å². The second-order valence-electron chi connectivity index (χ2n) is 5.39. The van der Waals surface area contributed by atoms with Gasteiger partial charge in [-0.2, -0.15) is 5.10 Å². The molecule has 0 bridgehead atoms. The van der Waals surface area contributed by atoms with Gasteiger partial charge in [-0.05, 0) is 43.5 Å². The van der Waals surface area contributed by atoms with Crippen molar-refractivity contribution in [3.8, 4) is 5.69 Å². The fourth-order valence-corrected chi connectivity index (χ4v) is 2.70. The molecule has 2 aromatic rings. The summed E-state index contributed by atoms with van der Waals surface area (Å²) in [4.78, 5) is 18.1. The van der Waals surface area contributed by atoms with Crippen LogP contribution < -0.4 is 0 Å². The van der Waals surface area contributed by atoms with Crippen LogP contribution in [0.4, 0.5) is 0 Å². The molecule has 2 heterocycles. The van der Waals surface area contributed by atoms with Gasteiger partial charge in [0.25, 0.3) is 5.91 Å². The number of aliphatic hydroxyl groups excluding tert-OH is 1. The van der Waals surface area contributed by atoms with Crippen molar-refractivity contribution < 1.29 is 9.90 Å². The van der Waals surface area contributed by atoms with Crippen LogP contribution in [0.5, 0.6) is 0 Å². The van der Waals surface area contributed by atoms with E-state index in [1.807, 2.05) is 19.1 Å². The monoisotopic (exact) mass is 286 g/mol. The van der Waals surface area contributed by atoms with Gasteiger partial charge in [0, 0.05) is 18.7 Å². The standard InChI is InChI=1S/C15H18N4O2/c1-11-7-12(4-5-14(11)19-10-16-9-17-19)15(21)18-6-2-3-13(20)8-18/h4-5,7,9-10,13,20H,2-3,6,8H2,1H3. The maximum Gasteiger partial charge on any atom is 0.253 e. The minimum atomic E-state index is -0.404. The summed E-state index contributed by atoms with van der Waals surface area (Å²) in [6, 6.07) is 5.53. The highest BCUT2D eigenvalue weighted by molar-refractivity contribution is 5.94. The Balaban J connectivity index is 1.83. The molecule has 6 nitrogen and oxygen atoms in total. The molecule has 1 unspecified atom stereocenters. The molecule has 0 aliphatic carbocycles. The van der Waals surface area contributed by atoms with Gasteiger partial charge in [-0.3, -0.25) is 4.79 Å². The first-order valence-electron chi connectivity index (χ1n) is 7.08. The highest BCUT2D eigenvalue weighted by atomic mass is 16.3. The fourth-order valence-electron chi connectivity index (χ4n) is 2.70. The second-order valence-corrected chi connectivity index (χ2v) is 5.39. The zero-order valence-electron chi connectivity index (χ0n) is 11.9. The van der Waals surface area contributed by atoms with Crippen LogP contribution in [0.15, 0.2) is 30.9 Å². The smallest absolute Gasteiger partial charge is 0.253 e. The van der Waals surface area contributed by atoms with E-state index in [4.69, 9.17) is 0 Å². The van der Waals surface area contributed by atoms with Crippen LogP contribution in [0.3, 0.4) is 0 Å². The number of aliphatic hydroxyl groups is 1. The molecule has 6 heteroatoms. The van der Waals surface area contributed by atoms with E-state index < -0.39 is 6.10 Å². The summed E-state index contributed by atoms with van der Waals surface area (Å²) in [5.74, 6) is -0.0259. The number of nitrogens with zero attached hydrogens (tertiary/aromatic N) is 4. The van der Waals surface area contributed by atoms with Gasteiger partial charge in [0.1, 0.15) is 12.7 Å². The summed E-state index contributed by atoms with van der Waals surface area (Å²) < 4.78 is 1.67. The summed E-state index contributed by atoms with van der Waals surface area (Å²) in [5, 5.41) is 13.8. The largest absolute Gasteiger partial charge is 0.391 e. The molecule has 0 saturated carbocycles. The van der Waals surface area contributed by atoms with Crippen molar-refractivity contribution in [3.05, 3.63) is 42.0 Å². The molecule has 1 fully saturated rings. The van der Waals surface area contributed by atoms with Crippen LogP contribution in [0.2, 0.25) is 0 Å². The van der Waals surface area contributed by atoms with Crippen molar-refractivity contribution in [1.29, 1.82) is 0 Å². The van der Waals surface area contributed by atoms with Gasteiger partial charge in [0.05, 0.1) is 11.8 Å². The molecule has 1 amide bonds. The van der Waals surface area contributed by atoms with Crippen LogP contribution in [0.1, 0.15) is 28.8 Å². The SMILES string of the molecule is Cc1cc(C(=O)N2CCCC(O)C2)ccc1-n1cncn1. The predicted molar refractivity (Wildman–Crippen MR) is 77.2 cm³/mol. The molecule has 1 aliphatic heterocycles. The minimum absolute atomic E-state index is 0.0259. The Labute approximate surface area is 123 Å². The summed E-state index contributed by atoms with van der Waals surface area (Å²) in [6.07, 6.45) is 4.33. The van der Waals surface area contributed by atoms with Crippen molar-refractivity contribution in [3.63, 3.8) is 0 Å². The second kappa shape index (κ2) is 5.65. The lowest BCUT2D eigenvalue weighted by atomic mass is 10.0. The third kappa shape index (κ3) is 2.80. The first kappa shape index (κ1) is 13.8. The van der Waals surface area contributed by atoms with Crippen molar-refractivity contribution >= 4 is 5.91 Å². The summed E-state index contributed by atoms with van der Waals surface area (Å²) >= 11 is 0. The molecule has 1 atom stereocenters. The van der Waals surface area contributed by atoms with Crippen LogP contribution in [-0.2, 0) is 0 Å². The quantitative estimate of drug-likeness (QED) is 0.899. The van der Waals surface area contributed by atoms with E-state index in [2.05, 4.69) is 10.1 Å². The van der Waals surface area contributed by atoms with Gasteiger partial charge in [0.15, 0.2) is 0 Å². The Bertz CT molecular complexity index is 639. The first-order valence-corrected chi connectivity index (χ1v) is 7.08. The highest BCUT2D eigenvalue weighted by Crippen LogP contribution is 2.18. The topological polar surface area (TPSA) is 71.2 Å². The molecule has 1 aromatic heterocycles. The molecule has 1 saturated heterocycles. The maximum absolute atomic E-state index is 12.5. The van der Waals surface area contributed by atoms with Gasteiger partial charge in [-0.25, -0.2) is 9.67 Å². The number of aryl methyl sites for hydroxylation is 1. The summed E-state index contributed by atoms with van der Waals surface area (Å²) in [7, 11) is 0. The van der Waals surface area contributed by atoms with Crippen LogP contribution in [0.25, 0.3) is 5.69 Å². The molecule has 1 aromatic carbocycles. The third-order valence-electron chi connectivity index (χ3n) is 3.79. The van der Waals surface area contributed by atoms with Crippen molar-refractivity contribution in [2.45, 2.75) is 25.9 Å². The Morgan fingerprint density at radius 1 is 1.43 bits per heavy atom. The Kier molecular flexibility index (Phi) is 3.70. The number of β-amino-alcohol motifs (C(OH)–C–C–N with tert-alkyl or cyclic N) is 1. The summed E-state index contributed by atoms with van der Waals surface area (Å²) in [6.45, 7) is 3.07. The lowest BCUT2D eigenvalue weighted by Crippen LogP contribution is -2.42.